The van der Waals surface area contributed by atoms with E-state index in [-0.39, 0.29) is 6.04 Å². The summed E-state index contributed by atoms with van der Waals surface area (Å²) in [6.45, 7) is 4.70. The zero-order chi connectivity index (χ0) is 13.0. The van der Waals surface area contributed by atoms with E-state index in [2.05, 4.69) is 29.8 Å². The average molecular weight is 262 g/mol. The van der Waals surface area contributed by atoms with Crippen LogP contribution in [-0.4, -0.2) is 6.61 Å². The Hall–Kier alpha value is -1.68. The van der Waals surface area contributed by atoms with Crippen LogP contribution in [0.15, 0.2) is 35.7 Å². The molecule has 0 aliphatic carbocycles. The van der Waals surface area contributed by atoms with Gasteiger partial charge in [-0.25, -0.2) is 0 Å². The number of nitrogen functional groups attached to an aromatic ring is 1. The van der Waals surface area contributed by atoms with Crippen LogP contribution >= 0.6 is 11.3 Å². The van der Waals surface area contributed by atoms with Gasteiger partial charge in [0, 0.05) is 4.88 Å². The van der Waals surface area contributed by atoms with Gasteiger partial charge in [0.15, 0.2) is 0 Å². The van der Waals surface area contributed by atoms with Crippen LogP contribution in [-0.2, 0) is 0 Å². The normalized spacial score (nSPS) is 12.1. The van der Waals surface area contributed by atoms with Crippen LogP contribution in [0.4, 0.5) is 11.4 Å². The number of rotatable bonds is 5. The molecule has 96 valence electrons. The highest BCUT2D eigenvalue weighted by molar-refractivity contribution is 7.10. The van der Waals surface area contributed by atoms with Gasteiger partial charge in [-0.15, -0.1) is 11.3 Å². The van der Waals surface area contributed by atoms with E-state index in [9.17, 15) is 0 Å². The largest absolute Gasteiger partial charge is 0.492 e. The zero-order valence-electron chi connectivity index (χ0n) is 10.6. The van der Waals surface area contributed by atoms with Gasteiger partial charge in [-0.3, -0.25) is 0 Å². The lowest BCUT2D eigenvalue weighted by atomic mass is 10.2. The summed E-state index contributed by atoms with van der Waals surface area (Å²) in [5.74, 6) is 0.737. The van der Waals surface area contributed by atoms with Crippen molar-refractivity contribution in [3.63, 3.8) is 0 Å². The molecule has 0 bridgehead atoms. The molecule has 1 atom stereocenters. The third-order valence-corrected chi connectivity index (χ3v) is 3.76. The van der Waals surface area contributed by atoms with Crippen molar-refractivity contribution in [3.05, 3.63) is 40.6 Å². The predicted molar refractivity (Wildman–Crippen MR) is 78.4 cm³/mol. The first-order chi connectivity index (χ1) is 8.72. The highest BCUT2D eigenvalue weighted by atomic mass is 32.1. The Bertz CT molecular complexity index is 497. The molecular weight excluding hydrogens is 244 g/mol. The van der Waals surface area contributed by atoms with E-state index < -0.39 is 0 Å². The molecule has 18 heavy (non-hydrogen) atoms. The van der Waals surface area contributed by atoms with Crippen LogP contribution in [0.3, 0.4) is 0 Å². The van der Waals surface area contributed by atoms with Gasteiger partial charge in [0.25, 0.3) is 0 Å². The summed E-state index contributed by atoms with van der Waals surface area (Å²) in [6, 6.07) is 10.2. The van der Waals surface area contributed by atoms with Crippen molar-refractivity contribution in [2.24, 2.45) is 0 Å². The Morgan fingerprint density at radius 2 is 2.17 bits per heavy atom. The summed E-state index contributed by atoms with van der Waals surface area (Å²) in [7, 11) is 0. The molecule has 0 saturated heterocycles. The summed E-state index contributed by atoms with van der Waals surface area (Å²) in [5, 5.41) is 5.49. The molecule has 2 rings (SSSR count). The molecule has 0 radical (unpaired) electrons. The van der Waals surface area contributed by atoms with Crippen LogP contribution in [0.2, 0.25) is 0 Å². The third kappa shape index (κ3) is 2.76. The first kappa shape index (κ1) is 12.8. The summed E-state index contributed by atoms with van der Waals surface area (Å²) in [4.78, 5) is 1.29. The number of nitrogens with one attached hydrogen (secondary N) is 1. The summed E-state index contributed by atoms with van der Waals surface area (Å²) < 4.78 is 5.49. The zero-order valence-corrected chi connectivity index (χ0v) is 11.5. The second kappa shape index (κ2) is 5.78. The molecule has 3 N–H and O–H groups in total. The molecule has 3 nitrogen and oxygen atoms in total. The van der Waals surface area contributed by atoms with Crippen LogP contribution in [0.5, 0.6) is 5.75 Å². The number of hydrogen-bond acceptors (Lipinski definition) is 4. The summed E-state index contributed by atoms with van der Waals surface area (Å²) in [5.41, 5.74) is 7.67. The van der Waals surface area contributed by atoms with Crippen molar-refractivity contribution in [2.75, 3.05) is 17.7 Å². The van der Waals surface area contributed by atoms with Gasteiger partial charge in [-0.2, -0.15) is 0 Å². The van der Waals surface area contributed by atoms with E-state index in [1.54, 1.807) is 11.3 Å². The molecule has 1 heterocycles. The quantitative estimate of drug-likeness (QED) is 0.803. The Labute approximate surface area is 112 Å². The van der Waals surface area contributed by atoms with Crippen molar-refractivity contribution in [2.45, 2.75) is 19.9 Å². The first-order valence-corrected chi connectivity index (χ1v) is 6.91. The predicted octanol–water partition coefficient (Wildman–Crippen LogP) is 3.90. The van der Waals surface area contributed by atoms with Gasteiger partial charge >= 0.3 is 0 Å². The topological polar surface area (TPSA) is 47.3 Å². The Morgan fingerprint density at radius 3 is 2.83 bits per heavy atom. The van der Waals surface area contributed by atoms with E-state index in [1.165, 1.54) is 4.88 Å². The molecule has 0 amide bonds. The van der Waals surface area contributed by atoms with Gasteiger partial charge in [0.2, 0.25) is 0 Å². The van der Waals surface area contributed by atoms with Crippen LogP contribution in [0.1, 0.15) is 24.8 Å². The van der Waals surface area contributed by atoms with E-state index in [0.717, 1.165) is 11.4 Å². The third-order valence-electron chi connectivity index (χ3n) is 2.71. The van der Waals surface area contributed by atoms with Crippen molar-refractivity contribution < 1.29 is 4.74 Å². The number of hydrogen-bond donors (Lipinski definition) is 2. The molecule has 0 aliphatic heterocycles. The average Bonchev–Trinajstić information content (AvgIpc) is 2.88. The number of nitrogens with two attached hydrogens (primary N) is 1. The van der Waals surface area contributed by atoms with Gasteiger partial charge in [-0.05, 0) is 37.4 Å². The first-order valence-electron chi connectivity index (χ1n) is 6.03. The highest BCUT2D eigenvalue weighted by Crippen LogP contribution is 2.32. The number of anilines is 2. The second-order valence-corrected chi connectivity index (χ2v) is 5.01. The standard InChI is InChI=1S/C14H18N2OS/c1-3-17-12-7-4-6-11(14(12)15)16-10(2)13-8-5-9-18-13/h4-10,16H,3,15H2,1-2H3. The molecule has 0 aliphatic rings. The maximum absolute atomic E-state index is 6.09. The lowest BCUT2D eigenvalue weighted by Gasteiger charge is -2.17. The second-order valence-electron chi connectivity index (χ2n) is 4.03. The van der Waals surface area contributed by atoms with Crippen molar-refractivity contribution in [1.29, 1.82) is 0 Å². The smallest absolute Gasteiger partial charge is 0.144 e. The van der Waals surface area contributed by atoms with E-state index in [4.69, 9.17) is 10.5 Å². The minimum absolute atomic E-state index is 0.240. The lowest BCUT2D eigenvalue weighted by molar-refractivity contribution is 0.342. The monoisotopic (exact) mass is 262 g/mol. The minimum Gasteiger partial charge on any atom is -0.492 e. The lowest BCUT2D eigenvalue weighted by Crippen LogP contribution is -2.08. The number of ether oxygens (including phenoxy) is 1. The summed E-state index contributed by atoms with van der Waals surface area (Å²) in [6.07, 6.45) is 0. The molecule has 0 fully saturated rings. The molecule has 1 aromatic carbocycles. The fraction of sp³-hybridized carbons (Fsp3) is 0.286. The van der Waals surface area contributed by atoms with Gasteiger partial charge < -0.3 is 15.8 Å². The van der Waals surface area contributed by atoms with Crippen molar-refractivity contribution in [3.8, 4) is 5.75 Å². The van der Waals surface area contributed by atoms with E-state index in [1.807, 2.05) is 25.1 Å². The fourth-order valence-electron chi connectivity index (χ4n) is 1.79. The van der Waals surface area contributed by atoms with Crippen LogP contribution in [0.25, 0.3) is 0 Å². The molecule has 0 spiro atoms. The molecular formula is C14H18N2OS. The number of para-hydroxylation sites is 1. The maximum Gasteiger partial charge on any atom is 0.144 e. The van der Waals surface area contributed by atoms with Gasteiger partial charge in [0.1, 0.15) is 5.75 Å². The SMILES string of the molecule is CCOc1cccc(NC(C)c2cccs2)c1N. The Balaban J connectivity index is 2.16. The highest BCUT2D eigenvalue weighted by Gasteiger charge is 2.10. The maximum atomic E-state index is 6.09. The van der Waals surface area contributed by atoms with Gasteiger partial charge in [-0.1, -0.05) is 12.1 Å². The van der Waals surface area contributed by atoms with Crippen LogP contribution < -0.4 is 15.8 Å². The van der Waals surface area contributed by atoms with Crippen molar-refractivity contribution in [1.82, 2.24) is 0 Å². The molecule has 1 unspecified atom stereocenters. The molecule has 0 saturated carbocycles. The molecule has 1 aromatic heterocycles. The van der Waals surface area contributed by atoms with E-state index in [0.29, 0.717) is 12.3 Å². The molecule has 2 aromatic rings. The number of thiophene rings is 1. The summed E-state index contributed by atoms with van der Waals surface area (Å²) >= 11 is 1.74. The van der Waals surface area contributed by atoms with Crippen molar-refractivity contribution >= 4 is 22.7 Å². The Morgan fingerprint density at radius 1 is 1.33 bits per heavy atom. The minimum atomic E-state index is 0.240. The number of benzene rings is 1. The molecule has 4 heteroatoms. The van der Waals surface area contributed by atoms with Crippen LogP contribution in [0, 0.1) is 0 Å². The Kier molecular flexibility index (Phi) is 4.10. The van der Waals surface area contributed by atoms with Gasteiger partial charge in [0.05, 0.1) is 24.0 Å². The van der Waals surface area contributed by atoms with E-state index >= 15 is 0 Å². The fourth-order valence-corrected chi connectivity index (χ4v) is 2.53.